The molecule has 0 spiro atoms. The molecule has 2 unspecified atom stereocenters. The van der Waals surface area contributed by atoms with E-state index < -0.39 is 0 Å². The highest BCUT2D eigenvalue weighted by Gasteiger charge is 2.50. The SMILES string of the molecule is CCC(CC)C1(O)CCN2CCCC21. The van der Waals surface area contributed by atoms with Gasteiger partial charge in [0.25, 0.3) is 0 Å². The number of aliphatic hydroxyl groups is 1. The van der Waals surface area contributed by atoms with Crippen molar-refractivity contribution in [1.29, 1.82) is 0 Å². The van der Waals surface area contributed by atoms with Crippen LogP contribution in [-0.4, -0.2) is 34.7 Å². The van der Waals surface area contributed by atoms with Crippen LogP contribution in [0.4, 0.5) is 0 Å². The fraction of sp³-hybridized carbons (Fsp3) is 1.00. The minimum absolute atomic E-state index is 0.361. The lowest BCUT2D eigenvalue weighted by molar-refractivity contribution is -0.0428. The van der Waals surface area contributed by atoms with Crippen molar-refractivity contribution < 1.29 is 5.11 Å². The van der Waals surface area contributed by atoms with Crippen LogP contribution in [0, 0.1) is 5.92 Å². The van der Waals surface area contributed by atoms with Crippen molar-refractivity contribution in [3.63, 3.8) is 0 Å². The Bertz CT molecular complexity index is 202. The molecular formula is C12H23NO. The molecule has 0 aromatic carbocycles. The van der Waals surface area contributed by atoms with Gasteiger partial charge in [-0.1, -0.05) is 26.7 Å². The van der Waals surface area contributed by atoms with Gasteiger partial charge >= 0.3 is 0 Å². The predicted molar refractivity (Wildman–Crippen MR) is 58.2 cm³/mol. The lowest BCUT2D eigenvalue weighted by Gasteiger charge is -2.36. The van der Waals surface area contributed by atoms with Crippen LogP contribution in [0.2, 0.25) is 0 Å². The van der Waals surface area contributed by atoms with Gasteiger partial charge in [0.05, 0.1) is 5.60 Å². The van der Waals surface area contributed by atoms with Crippen molar-refractivity contribution in [2.45, 2.75) is 57.6 Å². The first-order chi connectivity index (χ1) is 6.72. The number of rotatable bonds is 3. The Morgan fingerprint density at radius 3 is 2.71 bits per heavy atom. The van der Waals surface area contributed by atoms with E-state index in [1.54, 1.807) is 0 Å². The summed E-state index contributed by atoms with van der Waals surface area (Å²) in [5.74, 6) is 0.510. The molecule has 2 nitrogen and oxygen atoms in total. The molecule has 0 aromatic heterocycles. The largest absolute Gasteiger partial charge is 0.388 e. The summed E-state index contributed by atoms with van der Waals surface area (Å²) >= 11 is 0. The smallest absolute Gasteiger partial charge is 0.0842 e. The van der Waals surface area contributed by atoms with Gasteiger partial charge in [0.15, 0.2) is 0 Å². The molecule has 2 aliphatic heterocycles. The Labute approximate surface area is 87.3 Å². The molecule has 2 saturated heterocycles. The van der Waals surface area contributed by atoms with Gasteiger partial charge in [-0.15, -0.1) is 0 Å². The molecular weight excluding hydrogens is 174 g/mol. The van der Waals surface area contributed by atoms with Gasteiger partial charge in [-0.25, -0.2) is 0 Å². The van der Waals surface area contributed by atoms with E-state index in [-0.39, 0.29) is 5.60 Å². The summed E-state index contributed by atoms with van der Waals surface area (Å²) in [5.41, 5.74) is -0.361. The van der Waals surface area contributed by atoms with Crippen LogP contribution in [0.1, 0.15) is 46.0 Å². The number of fused-ring (bicyclic) bond motifs is 1. The van der Waals surface area contributed by atoms with Crippen LogP contribution in [0.5, 0.6) is 0 Å². The summed E-state index contributed by atoms with van der Waals surface area (Å²) in [6, 6.07) is 0.479. The number of hydrogen-bond acceptors (Lipinski definition) is 2. The maximum atomic E-state index is 10.8. The molecule has 0 aromatic rings. The fourth-order valence-corrected chi connectivity index (χ4v) is 3.62. The first kappa shape index (κ1) is 10.4. The normalized spacial score (nSPS) is 38.1. The zero-order valence-corrected chi connectivity index (χ0v) is 9.50. The molecule has 0 aliphatic carbocycles. The zero-order chi connectivity index (χ0) is 10.2. The Kier molecular flexibility index (Phi) is 2.85. The molecule has 2 atom stereocenters. The molecule has 2 heterocycles. The molecule has 2 heteroatoms. The first-order valence-electron chi connectivity index (χ1n) is 6.18. The summed E-state index contributed by atoms with van der Waals surface area (Å²) in [6.07, 6.45) is 5.75. The van der Waals surface area contributed by atoms with Crippen LogP contribution in [-0.2, 0) is 0 Å². The number of hydrogen-bond donors (Lipinski definition) is 1. The van der Waals surface area contributed by atoms with E-state index in [4.69, 9.17) is 0 Å². The zero-order valence-electron chi connectivity index (χ0n) is 9.50. The molecule has 0 saturated carbocycles. The van der Waals surface area contributed by atoms with Gasteiger partial charge in [0.1, 0.15) is 0 Å². The molecule has 0 amide bonds. The molecule has 14 heavy (non-hydrogen) atoms. The summed E-state index contributed by atoms with van der Waals surface area (Å²) in [6.45, 7) is 6.76. The third-order valence-corrected chi connectivity index (χ3v) is 4.43. The van der Waals surface area contributed by atoms with Gasteiger partial charge in [-0.05, 0) is 31.7 Å². The van der Waals surface area contributed by atoms with Crippen LogP contribution < -0.4 is 0 Å². The molecule has 2 rings (SSSR count). The van der Waals surface area contributed by atoms with E-state index in [9.17, 15) is 5.11 Å². The maximum absolute atomic E-state index is 10.8. The Morgan fingerprint density at radius 2 is 2.07 bits per heavy atom. The van der Waals surface area contributed by atoms with Crippen molar-refractivity contribution in [3.05, 3.63) is 0 Å². The molecule has 0 radical (unpaired) electrons. The molecule has 82 valence electrons. The Balaban J connectivity index is 2.14. The average molecular weight is 197 g/mol. The summed E-state index contributed by atoms with van der Waals surface area (Å²) in [4.78, 5) is 2.50. The first-order valence-corrected chi connectivity index (χ1v) is 6.18. The highest BCUT2D eigenvalue weighted by Crippen LogP contribution is 2.42. The van der Waals surface area contributed by atoms with Gasteiger partial charge in [0, 0.05) is 12.6 Å². The van der Waals surface area contributed by atoms with Gasteiger partial charge in [-0.3, -0.25) is 4.90 Å². The van der Waals surface area contributed by atoms with E-state index in [2.05, 4.69) is 18.7 Å². The topological polar surface area (TPSA) is 23.5 Å². The number of nitrogens with zero attached hydrogens (tertiary/aromatic N) is 1. The lowest BCUT2D eigenvalue weighted by atomic mass is 9.77. The minimum Gasteiger partial charge on any atom is -0.388 e. The summed E-state index contributed by atoms with van der Waals surface area (Å²) in [5, 5.41) is 10.8. The van der Waals surface area contributed by atoms with Crippen LogP contribution in [0.15, 0.2) is 0 Å². The van der Waals surface area contributed by atoms with Crippen LogP contribution in [0.25, 0.3) is 0 Å². The highest BCUT2D eigenvalue weighted by atomic mass is 16.3. The average Bonchev–Trinajstić information content (AvgIpc) is 2.73. The predicted octanol–water partition coefficient (Wildman–Crippen LogP) is 2.02. The molecule has 2 fully saturated rings. The quantitative estimate of drug-likeness (QED) is 0.748. The van der Waals surface area contributed by atoms with Crippen molar-refractivity contribution in [2.75, 3.05) is 13.1 Å². The van der Waals surface area contributed by atoms with E-state index >= 15 is 0 Å². The van der Waals surface area contributed by atoms with E-state index in [1.165, 1.54) is 19.4 Å². The van der Waals surface area contributed by atoms with Crippen molar-refractivity contribution in [3.8, 4) is 0 Å². The van der Waals surface area contributed by atoms with E-state index in [1.807, 2.05) is 0 Å². The maximum Gasteiger partial charge on any atom is 0.0842 e. The molecule has 2 aliphatic rings. The van der Waals surface area contributed by atoms with Gasteiger partial charge in [0.2, 0.25) is 0 Å². The monoisotopic (exact) mass is 197 g/mol. The highest BCUT2D eigenvalue weighted by molar-refractivity contribution is 5.05. The van der Waals surface area contributed by atoms with Crippen LogP contribution in [0.3, 0.4) is 0 Å². The van der Waals surface area contributed by atoms with Gasteiger partial charge < -0.3 is 5.11 Å². The van der Waals surface area contributed by atoms with Gasteiger partial charge in [-0.2, -0.15) is 0 Å². The third kappa shape index (κ3) is 1.40. The van der Waals surface area contributed by atoms with Crippen molar-refractivity contribution in [1.82, 2.24) is 4.90 Å². The second-order valence-corrected chi connectivity index (χ2v) is 4.95. The van der Waals surface area contributed by atoms with Crippen LogP contribution >= 0.6 is 0 Å². The third-order valence-electron chi connectivity index (χ3n) is 4.43. The fourth-order valence-electron chi connectivity index (χ4n) is 3.62. The Hall–Kier alpha value is -0.0800. The lowest BCUT2D eigenvalue weighted by Crippen LogP contribution is -2.47. The molecule has 1 N–H and O–H groups in total. The Morgan fingerprint density at radius 1 is 1.36 bits per heavy atom. The van der Waals surface area contributed by atoms with E-state index in [0.717, 1.165) is 25.8 Å². The summed E-state index contributed by atoms with van der Waals surface area (Å²) in [7, 11) is 0. The second kappa shape index (κ2) is 3.82. The minimum atomic E-state index is -0.361. The van der Waals surface area contributed by atoms with Crippen molar-refractivity contribution >= 4 is 0 Å². The standard InChI is InChI=1S/C12H23NO/c1-3-10(4-2)12(14)7-9-13-8-5-6-11(12)13/h10-11,14H,3-9H2,1-2H3. The summed E-state index contributed by atoms with van der Waals surface area (Å²) < 4.78 is 0. The second-order valence-electron chi connectivity index (χ2n) is 4.95. The van der Waals surface area contributed by atoms with Crippen molar-refractivity contribution in [2.24, 2.45) is 5.92 Å². The molecule has 0 bridgehead atoms. The van der Waals surface area contributed by atoms with E-state index in [0.29, 0.717) is 12.0 Å².